The summed E-state index contributed by atoms with van der Waals surface area (Å²) in [4.78, 5) is 41.7. The Morgan fingerprint density at radius 2 is 1.20 bits per heavy atom. The molecule has 2 heterocycles. The number of carbonyl (C=O) groups is 3. The van der Waals surface area contributed by atoms with Gasteiger partial charge in [-0.25, -0.2) is 14.4 Å². The second-order valence-corrected chi connectivity index (χ2v) is 24.1. The fourth-order valence-electron chi connectivity index (χ4n) is 5.80. The highest BCUT2D eigenvalue weighted by molar-refractivity contribution is 7.99. The zero-order valence-corrected chi connectivity index (χ0v) is 35.4. The molecule has 1 fully saturated rings. The molecule has 10 nitrogen and oxygen atoms in total. The average molecular weight is 808 g/mol. The molecule has 55 heavy (non-hydrogen) atoms. The minimum atomic E-state index is -2.26. The molecule has 8 atom stereocenters. The van der Waals surface area contributed by atoms with Gasteiger partial charge in [-0.2, -0.15) is 0 Å². The van der Waals surface area contributed by atoms with E-state index in [0.717, 1.165) is 0 Å². The number of ether oxygens (including phenoxy) is 4. The van der Waals surface area contributed by atoms with E-state index in [-0.39, 0.29) is 27.8 Å². The van der Waals surface area contributed by atoms with Gasteiger partial charge in [0.2, 0.25) is 0 Å². The molecule has 296 valence electrons. The Morgan fingerprint density at radius 3 is 1.65 bits per heavy atom. The van der Waals surface area contributed by atoms with E-state index < -0.39 is 78.2 Å². The molecule has 0 amide bonds. The summed E-state index contributed by atoms with van der Waals surface area (Å²) in [6.07, 6.45) is -0.973. The van der Waals surface area contributed by atoms with Crippen LogP contribution in [0.25, 0.3) is 0 Å². The minimum absolute atomic E-state index is 0.0682. The van der Waals surface area contributed by atoms with Gasteiger partial charge in [-0.15, -0.1) is 16.5 Å². The molecule has 2 aliphatic rings. The Morgan fingerprint density at radius 1 is 0.745 bits per heavy atom. The van der Waals surface area contributed by atoms with Crippen molar-refractivity contribution in [1.29, 1.82) is 0 Å². The highest BCUT2D eigenvalue weighted by Crippen LogP contribution is 2.41. The standard InChI is InChI=1S/C42H53NO9S2Si/c1-41(2,3)54(47)43-32-26-18-25-31(52-55(7,8)42(4,5)6)27-53-40-36(50-39(46)30-23-16-11-17-24-30)35(49-38(45)29-21-14-10-15-22-29)34(33(32)51-40)48-37(44)28-19-12-9-13-20-28/h9-25,31-36,40,43H,26-27H2,1-8H3/b25-18-/t31?,32-,33-,34+,35+,36-,40-,54-/m1/s1. The maximum absolute atomic E-state index is 14.0. The van der Waals surface area contributed by atoms with Crippen LogP contribution in [-0.4, -0.2) is 83.3 Å². The van der Waals surface area contributed by atoms with E-state index >= 15 is 0 Å². The van der Waals surface area contributed by atoms with E-state index in [4.69, 9.17) is 23.4 Å². The van der Waals surface area contributed by atoms with Crippen molar-refractivity contribution in [2.75, 3.05) is 5.75 Å². The van der Waals surface area contributed by atoms with Crippen molar-refractivity contribution in [2.24, 2.45) is 0 Å². The first-order chi connectivity index (χ1) is 25.9. The smallest absolute Gasteiger partial charge is 0.338 e. The van der Waals surface area contributed by atoms with Gasteiger partial charge in [0, 0.05) is 17.1 Å². The largest absolute Gasteiger partial charge is 0.598 e. The van der Waals surface area contributed by atoms with Gasteiger partial charge in [-0.1, -0.05) is 87.5 Å². The zero-order chi connectivity index (χ0) is 40.0. The van der Waals surface area contributed by atoms with Gasteiger partial charge >= 0.3 is 17.9 Å². The maximum Gasteiger partial charge on any atom is 0.338 e. The highest BCUT2D eigenvalue weighted by atomic mass is 32.2. The second-order valence-electron chi connectivity index (χ2n) is 16.2. The van der Waals surface area contributed by atoms with Crippen LogP contribution in [-0.2, 0) is 34.7 Å². The van der Waals surface area contributed by atoms with Crippen molar-refractivity contribution in [3.8, 4) is 0 Å². The van der Waals surface area contributed by atoms with Crippen molar-refractivity contribution in [1.82, 2.24) is 4.72 Å². The third-order valence-electron chi connectivity index (χ3n) is 9.92. The van der Waals surface area contributed by atoms with Gasteiger partial charge in [0.05, 0.1) is 28.8 Å². The van der Waals surface area contributed by atoms with E-state index in [1.165, 1.54) is 11.8 Å². The molecule has 1 saturated heterocycles. The quantitative estimate of drug-likeness (QED) is 0.0705. The first kappa shape index (κ1) is 42.7. The maximum atomic E-state index is 14.0. The van der Waals surface area contributed by atoms with E-state index in [9.17, 15) is 18.9 Å². The van der Waals surface area contributed by atoms with E-state index in [2.05, 4.69) is 38.6 Å². The molecular weight excluding hydrogens is 755 g/mol. The SMILES string of the molecule is CC(C)(C)[S@@+]([O-])N[C@@H]1C/C=C\C(O[Si](C)(C)C(C)(C)C)CS[C@H]2O[C@H]1[C@H](OC(=O)c1ccccc1)[C@H](OC(=O)c1ccccc1)[C@H]2OC(=O)c1ccccc1. The van der Waals surface area contributed by atoms with Crippen LogP contribution in [0.3, 0.4) is 0 Å². The third-order valence-corrected chi connectivity index (χ3v) is 17.3. The molecule has 2 bridgehead atoms. The molecule has 5 rings (SSSR count). The van der Waals surface area contributed by atoms with Crippen LogP contribution in [0.15, 0.2) is 103 Å². The summed E-state index contributed by atoms with van der Waals surface area (Å²) in [5.74, 6) is -1.65. The number of hydrogen-bond donors (Lipinski definition) is 1. The monoisotopic (exact) mass is 807 g/mol. The Balaban J connectivity index is 1.65. The topological polar surface area (TPSA) is 132 Å². The summed E-state index contributed by atoms with van der Waals surface area (Å²) < 4.78 is 49.1. The molecule has 1 N–H and O–H groups in total. The average Bonchev–Trinajstić information content (AvgIpc) is 3.14. The minimum Gasteiger partial charge on any atom is -0.598 e. The molecule has 13 heteroatoms. The summed E-state index contributed by atoms with van der Waals surface area (Å²) >= 11 is -0.230. The van der Waals surface area contributed by atoms with Crippen molar-refractivity contribution < 1.29 is 42.3 Å². The third kappa shape index (κ3) is 11.1. The summed E-state index contributed by atoms with van der Waals surface area (Å²) in [6.45, 7) is 16.5. The molecule has 2 aliphatic heterocycles. The van der Waals surface area contributed by atoms with Crippen LogP contribution in [0.1, 0.15) is 79.0 Å². The van der Waals surface area contributed by atoms with Gasteiger partial charge in [-0.3, -0.25) is 0 Å². The lowest BCUT2D eigenvalue weighted by molar-refractivity contribution is -0.205. The normalized spacial score (nSPS) is 25.9. The number of fused-ring (bicyclic) bond motifs is 2. The Bertz CT molecular complexity index is 1770. The second kappa shape index (κ2) is 18.2. The molecular formula is C42H53NO9S2Si. The Kier molecular flexibility index (Phi) is 14.1. The predicted molar refractivity (Wildman–Crippen MR) is 219 cm³/mol. The van der Waals surface area contributed by atoms with Crippen LogP contribution >= 0.6 is 11.8 Å². The molecule has 1 unspecified atom stereocenters. The fourth-order valence-corrected chi connectivity index (χ4v) is 9.22. The van der Waals surface area contributed by atoms with Gasteiger partial charge in [0.15, 0.2) is 26.6 Å². The predicted octanol–water partition coefficient (Wildman–Crippen LogP) is 7.89. The molecule has 0 aliphatic carbocycles. The van der Waals surface area contributed by atoms with Gasteiger partial charge in [0.1, 0.15) is 16.3 Å². The molecule has 0 saturated carbocycles. The first-order valence-electron chi connectivity index (χ1n) is 18.5. The molecule has 0 spiro atoms. The molecule has 3 aromatic carbocycles. The number of esters is 3. The van der Waals surface area contributed by atoms with Gasteiger partial charge in [0.25, 0.3) is 0 Å². The Labute approximate surface area is 333 Å². The Hall–Kier alpha value is -3.43. The number of carbonyl (C=O) groups excluding carboxylic acids is 3. The highest BCUT2D eigenvalue weighted by Gasteiger charge is 2.56. The van der Waals surface area contributed by atoms with Crippen LogP contribution in [0.5, 0.6) is 0 Å². The fraction of sp³-hybridized carbons (Fsp3) is 0.452. The van der Waals surface area contributed by atoms with Crippen molar-refractivity contribution in [2.45, 2.75) is 113 Å². The van der Waals surface area contributed by atoms with Crippen molar-refractivity contribution >= 4 is 49.3 Å². The van der Waals surface area contributed by atoms with E-state index in [1.54, 1.807) is 91.0 Å². The number of benzene rings is 3. The summed E-state index contributed by atoms with van der Waals surface area (Å²) in [6, 6.07) is 24.6. The number of rotatable bonds is 10. The van der Waals surface area contributed by atoms with Crippen LogP contribution < -0.4 is 4.72 Å². The van der Waals surface area contributed by atoms with Gasteiger partial charge in [-0.05, 0) is 81.7 Å². The van der Waals surface area contributed by atoms with Gasteiger partial charge < -0.3 is 27.9 Å². The lowest BCUT2D eigenvalue weighted by atomic mass is 9.92. The lowest BCUT2D eigenvalue weighted by Crippen LogP contribution is -2.66. The molecule has 0 aromatic heterocycles. The number of nitrogens with one attached hydrogen (secondary N) is 1. The van der Waals surface area contributed by atoms with Crippen LogP contribution in [0, 0.1) is 0 Å². The number of thioether (sulfide) groups is 1. The zero-order valence-electron chi connectivity index (χ0n) is 32.8. The number of hydrogen-bond acceptors (Lipinski definition) is 11. The summed E-state index contributed by atoms with van der Waals surface area (Å²) in [5, 5.41) is -0.0682. The lowest BCUT2D eigenvalue weighted by Gasteiger charge is -2.47. The van der Waals surface area contributed by atoms with Crippen LogP contribution in [0.4, 0.5) is 0 Å². The van der Waals surface area contributed by atoms with E-state index in [1.807, 2.05) is 32.9 Å². The summed E-state index contributed by atoms with van der Waals surface area (Å²) in [7, 11) is -2.26. The van der Waals surface area contributed by atoms with E-state index in [0.29, 0.717) is 12.2 Å². The van der Waals surface area contributed by atoms with Crippen molar-refractivity contribution in [3.05, 3.63) is 120 Å². The summed E-state index contributed by atoms with van der Waals surface area (Å²) in [5.41, 5.74) is -0.130. The molecule has 3 aromatic rings. The first-order valence-corrected chi connectivity index (χ1v) is 23.6. The van der Waals surface area contributed by atoms with Crippen molar-refractivity contribution in [3.63, 3.8) is 0 Å². The van der Waals surface area contributed by atoms with Crippen LogP contribution in [0.2, 0.25) is 18.1 Å². The molecule has 0 radical (unpaired) electrons.